The number of ether oxygens (including phenoxy) is 4. The Bertz CT molecular complexity index is 768. The van der Waals surface area contributed by atoms with Crippen molar-refractivity contribution in [2.45, 2.75) is 167 Å². The van der Waals surface area contributed by atoms with Crippen LogP contribution in [0.3, 0.4) is 0 Å². The molecular weight excluding hydrogens is 668 g/mol. The Morgan fingerprint density at radius 1 is 0.500 bits per heavy atom. The minimum atomic E-state index is -0.704. The number of hydrogen-bond acceptors (Lipinski definition) is 12. The molecule has 2 unspecified atom stereocenters. The monoisotopic (exact) mass is 743 g/mol. The van der Waals surface area contributed by atoms with Gasteiger partial charge in [0.2, 0.25) is 0 Å². The van der Waals surface area contributed by atoms with Crippen LogP contribution >= 0.6 is 0 Å². The quantitative estimate of drug-likeness (QED) is 0.0255. The van der Waals surface area contributed by atoms with E-state index >= 15 is 0 Å². The molecule has 0 fully saturated rings. The molecule has 0 aromatic carbocycles. The maximum atomic E-state index is 12.3. The fourth-order valence-electron chi connectivity index (χ4n) is 5.42. The lowest BCUT2D eigenvalue weighted by molar-refractivity contribution is -0.198. The highest BCUT2D eigenvalue weighted by molar-refractivity contribution is 5.81. The summed E-state index contributed by atoms with van der Waals surface area (Å²) in [6.07, 6.45) is 24.9. The highest BCUT2D eigenvalue weighted by Gasteiger charge is 2.15. The number of rotatable bonds is 41. The SMILES string of the molecule is C=CC(=O)OCC(COCCCCCCOCC(COC(=O)C=C)ON([O-])CCCCCCCCCCC)ON([O-])CCCCCCCCCCC. The average Bonchev–Trinajstić information content (AvgIpc) is 3.14. The van der Waals surface area contributed by atoms with Crippen molar-refractivity contribution in [2.24, 2.45) is 0 Å². The van der Waals surface area contributed by atoms with Crippen LogP contribution in [0, 0.1) is 10.4 Å². The highest BCUT2D eigenvalue weighted by Crippen LogP contribution is 2.12. The summed E-state index contributed by atoms with van der Waals surface area (Å²) in [5, 5.41) is 25.8. The molecule has 12 nitrogen and oxygen atoms in total. The fraction of sp³-hybridized carbons (Fsp3) is 0.850. The van der Waals surface area contributed by atoms with E-state index in [0.717, 1.165) is 76.4 Å². The second-order valence-corrected chi connectivity index (χ2v) is 13.5. The lowest BCUT2D eigenvalue weighted by Crippen LogP contribution is -2.34. The maximum Gasteiger partial charge on any atom is 0.330 e. The third kappa shape index (κ3) is 35.1. The van der Waals surface area contributed by atoms with E-state index in [2.05, 4.69) is 27.0 Å². The summed E-state index contributed by atoms with van der Waals surface area (Å²) in [5.41, 5.74) is 0. The van der Waals surface area contributed by atoms with Gasteiger partial charge >= 0.3 is 11.9 Å². The fourth-order valence-corrected chi connectivity index (χ4v) is 5.42. The van der Waals surface area contributed by atoms with Gasteiger partial charge in [0.25, 0.3) is 0 Å². The predicted octanol–water partition coefficient (Wildman–Crippen LogP) is 9.30. The molecule has 12 heteroatoms. The topological polar surface area (TPSA) is 142 Å². The number of hydrogen-bond donors (Lipinski definition) is 0. The van der Waals surface area contributed by atoms with Gasteiger partial charge in [-0.3, -0.25) is 10.5 Å². The molecule has 0 aromatic rings. The maximum absolute atomic E-state index is 12.3. The summed E-state index contributed by atoms with van der Waals surface area (Å²) < 4.78 is 21.7. The molecule has 0 saturated heterocycles. The Morgan fingerprint density at radius 3 is 1.13 bits per heavy atom. The van der Waals surface area contributed by atoms with Gasteiger partial charge in [0.1, 0.15) is 25.4 Å². The van der Waals surface area contributed by atoms with Crippen molar-refractivity contribution in [3.05, 3.63) is 35.7 Å². The van der Waals surface area contributed by atoms with Gasteiger partial charge in [-0.2, -0.15) is 0 Å². The summed E-state index contributed by atoms with van der Waals surface area (Å²) in [4.78, 5) is 34.0. The van der Waals surface area contributed by atoms with Crippen molar-refractivity contribution >= 4 is 11.9 Å². The largest absolute Gasteiger partial charge is 0.762 e. The highest BCUT2D eigenvalue weighted by atomic mass is 16.9. The molecule has 0 bridgehead atoms. The first-order valence-electron chi connectivity index (χ1n) is 20.3. The zero-order chi connectivity index (χ0) is 38.3. The van der Waals surface area contributed by atoms with Gasteiger partial charge in [0.15, 0.2) is 0 Å². The summed E-state index contributed by atoms with van der Waals surface area (Å²) in [6.45, 7) is 12.7. The van der Waals surface area contributed by atoms with Crippen LogP contribution in [0.1, 0.15) is 155 Å². The van der Waals surface area contributed by atoms with Crippen LogP contribution in [0.4, 0.5) is 0 Å². The molecular formula is C40H74N2O10-2. The summed E-state index contributed by atoms with van der Waals surface area (Å²) >= 11 is 0. The number of unbranched alkanes of at least 4 members (excludes halogenated alkanes) is 19. The number of hydroxylamine groups is 4. The molecule has 2 atom stereocenters. The lowest BCUT2D eigenvalue weighted by atomic mass is 10.1. The van der Waals surface area contributed by atoms with Crippen molar-refractivity contribution in [1.82, 2.24) is 10.5 Å². The number of carbonyl (C=O) groups excluding carboxylic acids is 2. The molecule has 0 aliphatic carbocycles. The van der Waals surface area contributed by atoms with E-state index in [4.69, 9.17) is 28.6 Å². The number of nitrogens with zero attached hydrogens (tertiary/aromatic N) is 2. The molecule has 0 radical (unpaired) electrons. The second-order valence-electron chi connectivity index (χ2n) is 13.5. The molecule has 52 heavy (non-hydrogen) atoms. The Hall–Kier alpha value is -1.90. The van der Waals surface area contributed by atoms with Crippen LogP contribution in [0.15, 0.2) is 25.3 Å². The summed E-state index contributed by atoms with van der Waals surface area (Å²) in [6, 6.07) is 0. The van der Waals surface area contributed by atoms with Crippen molar-refractivity contribution in [3.63, 3.8) is 0 Å². The van der Waals surface area contributed by atoms with E-state index in [0.29, 0.717) is 23.7 Å². The molecule has 0 aromatic heterocycles. The second kappa shape index (κ2) is 38.8. The van der Waals surface area contributed by atoms with E-state index in [1.165, 1.54) is 77.0 Å². The third-order valence-electron chi connectivity index (χ3n) is 8.51. The van der Waals surface area contributed by atoms with Gasteiger partial charge in [-0.25, -0.2) is 9.59 Å². The van der Waals surface area contributed by atoms with Crippen LogP contribution < -0.4 is 0 Å². The van der Waals surface area contributed by atoms with E-state index < -0.39 is 24.1 Å². The average molecular weight is 743 g/mol. The Labute approximate surface area is 316 Å². The first-order chi connectivity index (χ1) is 25.4. The van der Waals surface area contributed by atoms with Crippen LogP contribution in [-0.2, 0) is 38.2 Å². The molecule has 0 aliphatic heterocycles. The molecule has 0 aliphatic rings. The predicted molar refractivity (Wildman–Crippen MR) is 207 cm³/mol. The Kier molecular flexibility index (Phi) is 37.4. The van der Waals surface area contributed by atoms with Crippen LogP contribution in [0.5, 0.6) is 0 Å². The van der Waals surface area contributed by atoms with Crippen LogP contribution in [0.25, 0.3) is 0 Å². The molecule has 0 spiro atoms. The van der Waals surface area contributed by atoms with Crippen molar-refractivity contribution in [3.8, 4) is 0 Å². The standard InChI is InChI=1S/C40H74N2O10/c1-5-9-11-13-15-17-19-21-25-29-41(45)51-37(35-49-39(43)7-3)33-47-31-27-23-24-28-32-48-34-38(36-50-40(44)8-4)52-42(46)30-26-22-20-18-16-14-12-10-6-2/h7-8,37-38H,3-6,9-36H2,1-2H3/q-2. The first kappa shape index (κ1) is 50.1. The molecule has 306 valence electrons. The molecule has 0 rings (SSSR count). The van der Waals surface area contributed by atoms with Gasteiger partial charge in [-0.15, -0.1) is 0 Å². The van der Waals surface area contributed by atoms with Crippen molar-refractivity contribution < 1.29 is 38.2 Å². The zero-order valence-corrected chi connectivity index (χ0v) is 32.9. The van der Waals surface area contributed by atoms with E-state index in [-0.39, 0.29) is 39.5 Å². The van der Waals surface area contributed by atoms with Crippen LogP contribution in [0.2, 0.25) is 0 Å². The van der Waals surface area contributed by atoms with Crippen molar-refractivity contribution in [2.75, 3.05) is 52.7 Å². The van der Waals surface area contributed by atoms with Gasteiger partial charge in [-0.1, -0.05) is 143 Å². The van der Waals surface area contributed by atoms with Gasteiger partial charge in [-0.05, 0) is 25.7 Å². The molecule has 0 saturated carbocycles. The Balaban J connectivity index is 4.22. The molecule has 0 N–H and O–H groups in total. The molecule has 0 heterocycles. The van der Waals surface area contributed by atoms with Gasteiger partial charge in [0.05, 0.1) is 13.2 Å². The lowest BCUT2D eigenvalue weighted by Gasteiger charge is -2.31. The smallest absolute Gasteiger partial charge is 0.330 e. The summed E-state index contributed by atoms with van der Waals surface area (Å²) in [5.74, 6) is -1.16. The van der Waals surface area contributed by atoms with Crippen molar-refractivity contribution in [1.29, 1.82) is 0 Å². The van der Waals surface area contributed by atoms with Gasteiger partial charge in [0, 0.05) is 38.5 Å². The molecule has 0 amide bonds. The zero-order valence-electron chi connectivity index (χ0n) is 32.9. The van der Waals surface area contributed by atoms with E-state index in [1.807, 2.05) is 0 Å². The normalized spacial score (nSPS) is 12.7. The summed E-state index contributed by atoms with van der Waals surface area (Å²) in [7, 11) is 0. The van der Waals surface area contributed by atoms with E-state index in [1.54, 1.807) is 0 Å². The minimum Gasteiger partial charge on any atom is -0.762 e. The van der Waals surface area contributed by atoms with Crippen LogP contribution in [-0.4, -0.2) is 87.3 Å². The Morgan fingerprint density at radius 2 is 0.808 bits per heavy atom. The third-order valence-corrected chi connectivity index (χ3v) is 8.51. The minimum absolute atomic E-state index is 0.0977. The number of esters is 2. The van der Waals surface area contributed by atoms with E-state index in [9.17, 15) is 20.0 Å². The van der Waals surface area contributed by atoms with Gasteiger partial charge < -0.3 is 39.0 Å². The first-order valence-corrected chi connectivity index (χ1v) is 20.3. The number of carbonyl (C=O) groups is 2.